The second kappa shape index (κ2) is 9.26. The molecule has 0 atom stereocenters. The summed E-state index contributed by atoms with van der Waals surface area (Å²) in [5.74, 6) is -0.778. The maximum Gasteiger partial charge on any atom is 0.335 e. The number of amides is 1. The largest absolute Gasteiger partial charge is 0.489 e. The van der Waals surface area contributed by atoms with Gasteiger partial charge in [0.2, 0.25) is 0 Å². The van der Waals surface area contributed by atoms with Crippen molar-refractivity contribution in [3.05, 3.63) is 99.6 Å². The third-order valence-corrected chi connectivity index (χ3v) is 4.65. The molecule has 3 aromatic rings. The van der Waals surface area contributed by atoms with E-state index >= 15 is 0 Å². The van der Waals surface area contributed by atoms with Gasteiger partial charge in [0.15, 0.2) is 0 Å². The molecule has 0 heterocycles. The van der Waals surface area contributed by atoms with Crippen molar-refractivity contribution in [3.8, 4) is 5.75 Å². The molecule has 0 aromatic heterocycles. The highest BCUT2D eigenvalue weighted by Gasteiger charge is 2.12. The Labute approximate surface area is 173 Å². The van der Waals surface area contributed by atoms with Crippen molar-refractivity contribution in [2.24, 2.45) is 0 Å². The summed E-state index contributed by atoms with van der Waals surface area (Å²) in [6.07, 6.45) is 0. The molecule has 0 bridgehead atoms. The molecule has 0 saturated heterocycles. The van der Waals surface area contributed by atoms with Crippen LogP contribution in [0.15, 0.2) is 66.7 Å². The predicted molar refractivity (Wildman–Crippen MR) is 112 cm³/mol. The van der Waals surface area contributed by atoms with E-state index in [1.807, 2.05) is 31.2 Å². The summed E-state index contributed by atoms with van der Waals surface area (Å²) in [5, 5.41) is 12.0. The number of nitrogens with one attached hydrogen (secondary N) is 1. The van der Waals surface area contributed by atoms with Crippen molar-refractivity contribution in [2.75, 3.05) is 0 Å². The van der Waals surface area contributed by atoms with Gasteiger partial charge in [0.25, 0.3) is 5.91 Å². The quantitative estimate of drug-likeness (QED) is 0.584. The van der Waals surface area contributed by atoms with Crippen LogP contribution in [0, 0.1) is 6.92 Å². The Balaban J connectivity index is 1.63. The Morgan fingerprint density at radius 2 is 1.76 bits per heavy atom. The molecule has 0 spiro atoms. The smallest absolute Gasteiger partial charge is 0.335 e. The number of carboxylic acid groups (broad SMARTS) is 1. The first-order valence-corrected chi connectivity index (χ1v) is 9.38. The molecule has 0 unspecified atom stereocenters. The lowest BCUT2D eigenvalue weighted by molar-refractivity contribution is 0.0696. The van der Waals surface area contributed by atoms with Gasteiger partial charge in [-0.05, 0) is 48.4 Å². The van der Waals surface area contributed by atoms with E-state index in [0.29, 0.717) is 22.9 Å². The van der Waals surface area contributed by atoms with Crippen LogP contribution < -0.4 is 10.1 Å². The number of carbonyl (C=O) groups is 2. The first-order valence-electron chi connectivity index (χ1n) is 9.01. The van der Waals surface area contributed by atoms with Crippen LogP contribution in [0.5, 0.6) is 5.75 Å². The molecule has 5 nitrogen and oxygen atoms in total. The van der Waals surface area contributed by atoms with Crippen molar-refractivity contribution >= 4 is 23.5 Å². The first kappa shape index (κ1) is 20.4. The third-order valence-electron chi connectivity index (χ3n) is 4.32. The van der Waals surface area contributed by atoms with E-state index in [2.05, 4.69) is 5.32 Å². The molecule has 1 amide bonds. The number of benzene rings is 3. The van der Waals surface area contributed by atoms with E-state index in [0.717, 1.165) is 16.7 Å². The highest BCUT2D eigenvalue weighted by Crippen LogP contribution is 2.23. The zero-order valence-electron chi connectivity index (χ0n) is 15.8. The zero-order chi connectivity index (χ0) is 20.8. The number of hydrogen-bond donors (Lipinski definition) is 2. The summed E-state index contributed by atoms with van der Waals surface area (Å²) >= 11 is 6.18. The fraction of sp³-hybridized carbons (Fsp3) is 0.130. The highest BCUT2D eigenvalue weighted by atomic mass is 35.5. The van der Waals surface area contributed by atoms with Gasteiger partial charge in [-0.1, -0.05) is 53.6 Å². The Morgan fingerprint density at radius 1 is 1.00 bits per heavy atom. The Kier molecular flexibility index (Phi) is 6.52. The van der Waals surface area contributed by atoms with Crippen molar-refractivity contribution < 1.29 is 19.4 Å². The third kappa shape index (κ3) is 5.59. The Morgan fingerprint density at radius 3 is 2.45 bits per heavy atom. The standard InChI is InChI=1S/C23H20ClNO4/c1-15-3-2-4-17(11-15)14-29-19-9-10-21(24)20(12-19)22(26)25-13-16-5-7-18(8-6-16)23(27)28/h2-12H,13-14H2,1H3,(H,25,26)(H,27,28). The summed E-state index contributed by atoms with van der Waals surface area (Å²) in [4.78, 5) is 23.4. The SMILES string of the molecule is Cc1cccc(COc2ccc(Cl)c(C(=O)NCc3ccc(C(=O)O)cc3)c2)c1. The normalized spacial score (nSPS) is 10.4. The fourth-order valence-corrected chi connectivity index (χ4v) is 2.98. The lowest BCUT2D eigenvalue weighted by atomic mass is 10.1. The van der Waals surface area contributed by atoms with Crippen LogP contribution in [0.4, 0.5) is 0 Å². The molecule has 0 aliphatic carbocycles. The van der Waals surface area contributed by atoms with E-state index in [-0.39, 0.29) is 18.0 Å². The van der Waals surface area contributed by atoms with Gasteiger partial charge in [0, 0.05) is 6.54 Å². The van der Waals surface area contributed by atoms with Crippen LogP contribution in [0.1, 0.15) is 37.4 Å². The van der Waals surface area contributed by atoms with E-state index in [1.54, 1.807) is 30.3 Å². The van der Waals surface area contributed by atoms with Gasteiger partial charge in [-0.3, -0.25) is 4.79 Å². The maximum atomic E-state index is 12.5. The fourth-order valence-electron chi connectivity index (χ4n) is 2.78. The van der Waals surface area contributed by atoms with Crippen LogP contribution in [0.25, 0.3) is 0 Å². The number of carboxylic acids is 1. The van der Waals surface area contributed by atoms with E-state index in [4.69, 9.17) is 21.4 Å². The highest BCUT2D eigenvalue weighted by molar-refractivity contribution is 6.33. The average molecular weight is 410 g/mol. The van der Waals surface area contributed by atoms with Crippen LogP contribution in [-0.4, -0.2) is 17.0 Å². The summed E-state index contributed by atoms with van der Waals surface area (Å²) in [6.45, 7) is 2.66. The molecule has 6 heteroatoms. The van der Waals surface area contributed by atoms with Gasteiger partial charge in [0.1, 0.15) is 12.4 Å². The summed E-state index contributed by atoms with van der Waals surface area (Å²) in [6, 6.07) is 19.3. The molecule has 0 saturated carbocycles. The number of aromatic carboxylic acids is 1. The molecule has 3 aromatic carbocycles. The predicted octanol–water partition coefficient (Wildman–Crippen LogP) is 4.86. The van der Waals surface area contributed by atoms with E-state index in [9.17, 15) is 9.59 Å². The monoisotopic (exact) mass is 409 g/mol. The molecule has 0 radical (unpaired) electrons. The summed E-state index contributed by atoms with van der Waals surface area (Å²) < 4.78 is 5.80. The molecule has 148 valence electrons. The minimum absolute atomic E-state index is 0.196. The number of carbonyl (C=O) groups excluding carboxylic acids is 1. The van der Waals surface area contributed by atoms with Gasteiger partial charge in [-0.15, -0.1) is 0 Å². The molecule has 0 aliphatic rings. The van der Waals surface area contributed by atoms with Gasteiger partial charge in [0.05, 0.1) is 16.1 Å². The van der Waals surface area contributed by atoms with Gasteiger partial charge >= 0.3 is 5.97 Å². The second-order valence-electron chi connectivity index (χ2n) is 6.60. The van der Waals surface area contributed by atoms with Gasteiger partial charge in [-0.2, -0.15) is 0 Å². The number of rotatable bonds is 7. The van der Waals surface area contributed by atoms with Crippen LogP contribution in [0.3, 0.4) is 0 Å². The average Bonchev–Trinajstić information content (AvgIpc) is 2.71. The molecule has 0 fully saturated rings. The number of hydrogen-bond acceptors (Lipinski definition) is 3. The number of ether oxygens (including phenoxy) is 1. The van der Waals surface area contributed by atoms with Gasteiger partial charge < -0.3 is 15.2 Å². The van der Waals surface area contributed by atoms with E-state index < -0.39 is 5.97 Å². The van der Waals surface area contributed by atoms with Crippen LogP contribution >= 0.6 is 11.6 Å². The molecule has 3 rings (SSSR count). The molecular formula is C23H20ClNO4. The number of halogens is 1. The first-order chi connectivity index (χ1) is 13.9. The number of aryl methyl sites for hydroxylation is 1. The molecule has 0 aliphatic heterocycles. The summed E-state index contributed by atoms with van der Waals surface area (Å²) in [7, 11) is 0. The van der Waals surface area contributed by atoms with Crippen molar-refractivity contribution in [1.29, 1.82) is 0 Å². The zero-order valence-corrected chi connectivity index (χ0v) is 16.6. The van der Waals surface area contributed by atoms with Crippen LogP contribution in [-0.2, 0) is 13.2 Å². The molecular weight excluding hydrogens is 390 g/mol. The van der Waals surface area contributed by atoms with Crippen molar-refractivity contribution in [2.45, 2.75) is 20.1 Å². The topological polar surface area (TPSA) is 75.6 Å². The molecule has 29 heavy (non-hydrogen) atoms. The second-order valence-corrected chi connectivity index (χ2v) is 7.01. The maximum absolute atomic E-state index is 12.5. The lowest BCUT2D eigenvalue weighted by Gasteiger charge is -2.11. The Hall–Kier alpha value is -3.31. The minimum Gasteiger partial charge on any atom is -0.489 e. The Bertz CT molecular complexity index is 1030. The van der Waals surface area contributed by atoms with Crippen molar-refractivity contribution in [1.82, 2.24) is 5.32 Å². The van der Waals surface area contributed by atoms with E-state index in [1.165, 1.54) is 12.1 Å². The minimum atomic E-state index is -0.991. The summed E-state index contributed by atoms with van der Waals surface area (Å²) in [5.41, 5.74) is 3.48. The lowest BCUT2D eigenvalue weighted by Crippen LogP contribution is -2.23. The van der Waals surface area contributed by atoms with Crippen molar-refractivity contribution in [3.63, 3.8) is 0 Å². The van der Waals surface area contributed by atoms with Crippen LogP contribution in [0.2, 0.25) is 5.02 Å². The van der Waals surface area contributed by atoms with Gasteiger partial charge in [-0.25, -0.2) is 4.79 Å². The molecule has 2 N–H and O–H groups in total.